The highest BCUT2D eigenvalue weighted by Crippen LogP contribution is 2.28. The number of carbonyl (C=O) groups excluding carboxylic acids is 1. The SMILES string of the molecule is Cn1c(=O)oc2cc(N3CC4(COC4)NCC3=O)ccc21. The minimum Gasteiger partial charge on any atom is -0.408 e. The number of oxazole rings is 1. The van der Waals surface area contributed by atoms with Crippen molar-refractivity contribution in [2.24, 2.45) is 7.05 Å². The van der Waals surface area contributed by atoms with Crippen LogP contribution in [0.2, 0.25) is 0 Å². The van der Waals surface area contributed by atoms with E-state index in [9.17, 15) is 9.59 Å². The van der Waals surface area contributed by atoms with E-state index in [4.69, 9.17) is 9.15 Å². The summed E-state index contributed by atoms with van der Waals surface area (Å²) in [7, 11) is 1.66. The number of piperazine rings is 1. The van der Waals surface area contributed by atoms with Crippen molar-refractivity contribution in [3.63, 3.8) is 0 Å². The number of carbonyl (C=O) groups is 1. The first-order valence-electron chi connectivity index (χ1n) is 6.81. The lowest BCUT2D eigenvalue weighted by molar-refractivity contribution is -0.126. The smallest absolute Gasteiger partial charge is 0.408 e. The van der Waals surface area contributed by atoms with Gasteiger partial charge < -0.3 is 14.1 Å². The number of rotatable bonds is 1. The molecule has 1 amide bonds. The summed E-state index contributed by atoms with van der Waals surface area (Å²) >= 11 is 0. The number of anilines is 1. The van der Waals surface area contributed by atoms with Gasteiger partial charge in [-0.1, -0.05) is 0 Å². The van der Waals surface area contributed by atoms with Crippen molar-refractivity contribution in [3.8, 4) is 0 Å². The Hall–Kier alpha value is -2.12. The molecular formula is C14H15N3O4. The topological polar surface area (TPSA) is 76.7 Å². The van der Waals surface area contributed by atoms with Crippen LogP contribution >= 0.6 is 0 Å². The van der Waals surface area contributed by atoms with Gasteiger partial charge in [0.2, 0.25) is 5.91 Å². The normalized spacial score (nSPS) is 21.0. The summed E-state index contributed by atoms with van der Waals surface area (Å²) in [5.74, 6) is -0.400. The van der Waals surface area contributed by atoms with Gasteiger partial charge in [0.05, 0.1) is 30.8 Å². The fourth-order valence-electron chi connectivity index (χ4n) is 2.87. The number of hydrogen-bond acceptors (Lipinski definition) is 5. The summed E-state index contributed by atoms with van der Waals surface area (Å²) in [6.07, 6.45) is 0. The molecule has 7 nitrogen and oxygen atoms in total. The number of aromatic nitrogens is 1. The number of amides is 1. The molecular weight excluding hydrogens is 274 g/mol. The van der Waals surface area contributed by atoms with Crippen molar-refractivity contribution in [1.82, 2.24) is 9.88 Å². The molecule has 0 saturated carbocycles. The quantitative estimate of drug-likeness (QED) is 0.789. The van der Waals surface area contributed by atoms with Crippen molar-refractivity contribution >= 4 is 22.7 Å². The molecule has 0 bridgehead atoms. The zero-order chi connectivity index (χ0) is 14.6. The number of benzene rings is 1. The van der Waals surface area contributed by atoms with Gasteiger partial charge in [0.15, 0.2) is 5.58 Å². The average molecular weight is 289 g/mol. The van der Waals surface area contributed by atoms with Crippen LogP contribution in [0.5, 0.6) is 0 Å². The number of fused-ring (bicyclic) bond motifs is 1. The second kappa shape index (κ2) is 4.19. The van der Waals surface area contributed by atoms with Gasteiger partial charge in [-0.05, 0) is 12.1 Å². The fourth-order valence-corrected chi connectivity index (χ4v) is 2.87. The molecule has 1 aromatic carbocycles. The van der Waals surface area contributed by atoms with Gasteiger partial charge in [0.25, 0.3) is 0 Å². The zero-order valence-corrected chi connectivity index (χ0v) is 11.6. The Morgan fingerprint density at radius 2 is 2.10 bits per heavy atom. The summed E-state index contributed by atoms with van der Waals surface area (Å²) in [5.41, 5.74) is 1.81. The van der Waals surface area contributed by atoms with E-state index in [0.717, 1.165) is 5.69 Å². The average Bonchev–Trinajstić information content (AvgIpc) is 2.72. The second-order valence-electron chi connectivity index (χ2n) is 5.69. The fraction of sp³-hybridized carbons (Fsp3) is 0.429. The third-order valence-electron chi connectivity index (χ3n) is 4.22. The molecule has 1 N–H and O–H groups in total. The Labute approximate surface area is 120 Å². The van der Waals surface area contributed by atoms with Crippen LogP contribution in [-0.2, 0) is 16.6 Å². The Morgan fingerprint density at radius 3 is 2.81 bits per heavy atom. The largest absolute Gasteiger partial charge is 0.419 e. The predicted octanol–water partition coefficient (Wildman–Crippen LogP) is -0.163. The third-order valence-corrected chi connectivity index (χ3v) is 4.22. The second-order valence-corrected chi connectivity index (χ2v) is 5.69. The summed E-state index contributed by atoms with van der Waals surface area (Å²) < 4.78 is 11.9. The number of hydrogen-bond donors (Lipinski definition) is 1. The minimum atomic E-state index is -0.405. The molecule has 3 heterocycles. The molecule has 2 saturated heterocycles. The van der Waals surface area contributed by atoms with Crippen LogP contribution in [0.15, 0.2) is 27.4 Å². The van der Waals surface area contributed by atoms with Gasteiger partial charge in [-0.15, -0.1) is 0 Å². The summed E-state index contributed by atoms with van der Waals surface area (Å²) in [4.78, 5) is 25.4. The van der Waals surface area contributed by atoms with Crippen molar-refractivity contribution < 1.29 is 13.9 Å². The third kappa shape index (κ3) is 1.81. The van der Waals surface area contributed by atoms with Crippen molar-refractivity contribution in [3.05, 3.63) is 28.7 Å². The Bertz CT molecular complexity index is 787. The number of aryl methyl sites for hydroxylation is 1. The highest BCUT2D eigenvalue weighted by atomic mass is 16.5. The molecule has 4 rings (SSSR count). The molecule has 2 aliphatic rings. The van der Waals surface area contributed by atoms with Gasteiger partial charge in [0, 0.05) is 25.3 Å². The van der Waals surface area contributed by atoms with Gasteiger partial charge in [0.1, 0.15) is 0 Å². The predicted molar refractivity (Wildman–Crippen MR) is 75.4 cm³/mol. The standard InChI is InChI=1S/C14H15N3O4/c1-16-10-3-2-9(4-11(10)21-13(16)19)17-6-14(7-20-8-14)15-5-12(17)18/h2-4,15H,5-8H2,1H3. The van der Waals surface area contributed by atoms with Crippen LogP contribution in [-0.4, -0.2) is 42.3 Å². The molecule has 0 atom stereocenters. The van der Waals surface area contributed by atoms with Crippen molar-refractivity contribution in [1.29, 1.82) is 0 Å². The lowest BCUT2D eigenvalue weighted by atomic mass is 9.94. The van der Waals surface area contributed by atoms with Crippen LogP contribution in [0.25, 0.3) is 11.1 Å². The van der Waals surface area contributed by atoms with E-state index >= 15 is 0 Å². The lowest BCUT2D eigenvalue weighted by Gasteiger charge is -2.48. The molecule has 2 aromatic rings. The van der Waals surface area contributed by atoms with E-state index in [1.54, 1.807) is 24.1 Å². The minimum absolute atomic E-state index is 0.00477. The molecule has 0 unspecified atom stereocenters. The van der Waals surface area contributed by atoms with Crippen LogP contribution < -0.4 is 16.0 Å². The molecule has 21 heavy (non-hydrogen) atoms. The summed E-state index contributed by atoms with van der Waals surface area (Å²) in [6, 6.07) is 5.38. The van der Waals surface area contributed by atoms with E-state index < -0.39 is 5.76 Å². The van der Waals surface area contributed by atoms with Crippen LogP contribution in [0.3, 0.4) is 0 Å². The van der Waals surface area contributed by atoms with Gasteiger partial charge in [-0.2, -0.15) is 0 Å². The number of nitrogens with one attached hydrogen (secondary N) is 1. The molecule has 2 fully saturated rings. The maximum atomic E-state index is 12.2. The highest BCUT2D eigenvalue weighted by molar-refractivity contribution is 5.97. The molecule has 7 heteroatoms. The van der Waals surface area contributed by atoms with Crippen LogP contribution in [0.4, 0.5) is 5.69 Å². The Kier molecular flexibility index (Phi) is 2.51. The molecule has 1 aromatic heterocycles. The van der Waals surface area contributed by atoms with E-state index in [1.165, 1.54) is 4.57 Å². The molecule has 110 valence electrons. The first kappa shape index (κ1) is 12.6. The maximum absolute atomic E-state index is 12.2. The van der Waals surface area contributed by atoms with E-state index in [1.807, 2.05) is 6.07 Å². The van der Waals surface area contributed by atoms with Crippen LogP contribution in [0, 0.1) is 0 Å². The number of nitrogens with zero attached hydrogens (tertiary/aromatic N) is 2. The number of ether oxygens (including phenoxy) is 1. The summed E-state index contributed by atoms with van der Waals surface area (Å²) in [5, 5.41) is 3.24. The molecule has 0 aliphatic carbocycles. The molecule has 1 spiro atoms. The van der Waals surface area contributed by atoms with E-state index in [2.05, 4.69) is 5.32 Å². The first-order valence-corrected chi connectivity index (χ1v) is 6.81. The maximum Gasteiger partial charge on any atom is 0.419 e. The highest BCUT2D eigenvalue weighted by Gasteiger charge is 2.44. The van der Waals surface area contributed by atoms with E-state index in [0.29, 0.717) is 37.4 Å². The Morgan fingerprint density at radius 1 is 1.29 bits per heavy atom. The van der Waals surface area contributed by atoms with Crippen molar-refractivity contribution in [2.75, 3.05) is 31.2 Å². The Balaban J connectivity index is 1.74. The van der Waals surface area contributed by atoms with Gasteiger partial charge in [-0.25, -0.2) is 4.79 Å². The van der Waals surface area contributed by atoms with Gasteiger partial charge in [-0.3, -0.25) is 14.7 Å². The summed E-state index contributed by atoms with van der Waals surface area (Å²) in [6.45, 7) is 2.08. The zero-order valence-electron chi connectivity index (χ0n) is 11.6. The van der Waals surface area contributed by atoms with Gasteiger partial charge >= 0.3 is 5.76 Å². The van der Waals surface area contributed by atoms with Crippen molar-refractivity contribution in [2.45, 2.75) is 5.54 Å². The monoisotopic (exact) mass is 289 g/mol. The molecule has 0 radical (unpaired) electrons. The lowest BCUT2D eigenvalue weighted by Crippen LogP contribution is -2.71. The van der Waals surface area contributed by atoms with E-state index in [-0.39, 0.29) is 11.4 Å². The molecule has 2 aliphatic heterocycles. The van der Waals surface area contributed by atoms with Crippen LogP contribution in [0.1, 0.15) is 0 Å². The first-order chi connectivity index (χ1) is 10.1.